The number of anilines is 1. The Hall–Kier alpha value is -1.10. The fourth-order valence-electron chi connectivity index (χ4n) is 2.11. The second-order valence-corrected chi connectivity index (χ2v) is 5.99. The molecular formula is C14H15ClN2OS. The monoisotopic (exact) mass is 294 g/mol. The molecular weight excluding hydrogens is 280 g/mol. The number of hydrogen-bond donors (Lipinski definition) is 1. The molecule has 5 heteroatoms. The van der Waals surface area contributed by atoms with Crippen molar-refractivity contribution < 1.29 is 5.11 Å². The lowest BCUT2D eigenvalue weighted by atomic mass is 10.2. The molecule has 0 bridgehead atoms. The Morgan fingerprint density at radius 3 is 2.84 bits per heavy atom. The van der Waals surface area contributed by atoms with Crippen LogP contribution in [0, 0.1) is 0 Å². The van der Waals surface area contributed by atoms with Gasteiger partial charge in [0, 0.05) is 18.8 Å². The topological polar surface area (TPSA) is 36.4 Å². The van der Waals surface area contributed by atoms with Crippen molar-refractivity contribution in [2.45, 2.75) is 32.0 Å². The van der Waals surface area contributed by atoms with E-state index in [4.69, 9.17) is 16.7 Å². The molecule has 0 unspecified atom stereocenters. The highest BCUT2D eigenvalue weighted by Crippen LogP contribution is 2.36. The minimum absolute atomic E-state index is 0.0268. The Morgan fingerprint density at radius 1 is 1.42 bits per heavy atom. The van der Waals surface area contributed by atoms with Crippen LogP contribution < -0.4 is 4.90 Å². The van der Waals surface area contributed by atoms with Gasteiger partial charge in [-0.3, -0.25) is 0 Å². The van der Waals surface area contributed by atoms with Gasteiger partial charge in [-0.1, -0.05) is 11.6 Å². The van der Waals surface area contributed by atoms with Crippen molar-refractivity contribution in [1.29, 1.82) is 0 Å². The van der Waals surface area contributed by atoms with E-state index in [0.717, 1.165) is 17.9 Å². The zero-order chi connectivity index (χ0) is 13.2. The normalized spacial score (nSPS) is 14.6. The molecule has 1 N–H and O–H groups in total. The van der Waals surface area contributed by atoms with E-state index in [9.17, 15) is 0 Å². The molecule has 3 nitrogen and oxygen atoms in total. The third-order valence-corrected chi connectivity index (χ3v) is 4.26. The Bertz CT molecular complexity index is 555. The first-order chi connectivity index (χ1) is 9.28. The lowest BCUT2D eigenvalue weighted by molar-refractivity contribution is 0.281. The summed E-state index contributed by atoms with van der Waals surface area (Å²) in [6.45, 7) is 0.820. The molecule has 2 aromatic rings. The SMILES string of the molecule is OCc1cnc(N(Cc2ccsc2)C2CC2)c(Cl)c1. The number of halogens is 1. The van der Waals surface area contributed by atoms with Crippen molar-refractivity contribution in [1.82, 2.24) is 4.98 Å². The Kier molecular flexibility index (Phi) is 3.73. The summed E-state index contributed by atoms with van der Waals surface area (Å²) in [4.78, 5) is 6.70. The summed E-state index contributed by atoms with van der Waals surface area (Å²) < 4.78 is 0. The average Bonchev–Trinajstić information content (AvgIpc) is 3.14. The molecule has 0 aromatic carbocycles. The fourth-order valence-corrected chi connectivity index (χ4v) is 3.07. The molecule has 2 aromatic heterocycles. The zero-order valence-corrected chi connectivity index (χ0v) is 12.0. The molecule has 100 valence electrons. The van der Waals surface area contributed by atoms with Crippen LogP contribution in [-0.4, -0.2) is 16.1 Å². The molecule has 0 spiro atoms. The number of aliphatic hydroxyl groups excluding tert-OH is 1. The molecule has 19 heavy (non-hydrogen) atoms. The van der Waals surface area contributed by atoms with Crippen LogP contribution in [0.5, 0.6) is 0 Å². The lowest BCUT2D eigenvalue weighted by Gasteiger charge is -2.24. The molecule has 0 amide bonds. The zero-order valence-electron chi connectivity index (χ0n) is 10.4. The maximum Gasteiger partial charge on any atom is 0.147 e. The summed E-state index contributed by atoms with van der Waals surface area (Å²) in [5.41, 5.74) is 2.04. The van der Waals surface area contributed by atoms with Gasteiger partial charge >= 0.3 is 0 Å². The molecule has 1 saturated carbocycles. The quantitative estimate of drug-likeness (QED) is 0.917. The maximum atomic E-state index is 9.11. The molecule has 0 saturated heterocycles. The Balaban J connectivity index is 1.87. The van der Waals surface area contributed by atoms with Crippen LogP contribution in [0.2, 0.25) is 5.02 Å². The first-order valence-electron chi connectivity index (χ1n) is 6.31. The van der Waals surface area contributed by atoms with Crippen molar-refractivity contribution in [3.63, 3.8) is 0 Å². The van der Waals surface area contributed by atoms with E-state index in [1.807, 2.05) is 0 Å². The second kappa shape index (κ2) is 5.49. The van der Waals surface area contributed by atoms with Crippen LogP contribution in [0.1, 0.15) is 24.0 Å². The van der Waals surface area contributed by atoms with E-state index < -0.39 is 0 Å². The van der Waals surface area contributed by atoms with Gasteiger partial charge in [-0.05, 0) is 46.9 Å². The first-order valence-corrected chi connectivity index (χ1v) is 7.63. The van der Waals surface area contributed by atoms with Crippen LogP contribution >= 0.6 is 22.9 Å². The number of pyridine rings is 1. The molecule has 0 radical (unpaired) electrons. The number of nitrogens with zero attached hydrogens (tertiary/aromatic N) is 2. The lowest BCUT2D eigenvalue weighted by Crippen LogP contribution is -2.26. The van der Waals surface area contributed by atoms with Gasteiger partial charge in [-0.2, -0.15) is 11.3 Å². The van der Waals surface area contributed by atoms with Crippen LogP contribution in [0.3, 0.4) is 0 Å². The summed E-state index contributed by atoms with van der Waals surface area (Å²) in [6.07, 6.45) is 4.10. The van der Waals surface area contributed by atoms with Crippen LogP contribution in [-0.2, 0) is 13.2 Å². The van der Waals surface area contributed by atoms with E-state index in [1.54, 1.807) is 23.6 Å². The van der Waals surface area contributed by atoms with Crippen molar-refractivity contribution >= 4 is 28.8 Å². The Morgan fingerprint density at radius 2 is 2.26 bits per heavy atom. The fraction of sp³-hybridized carbons (Fsp3) is 0.357. The molecule has 0 aliphatic heterocycles. The van der Waals surface area contributed by atoms with E-state index in [1.165, 1.54) is 18.4 Å². The molecule has 2 heterocycles. The standard InChI is InChI=1S/C14H15ClN2OS/c15-13-5-11(8-18)6-16-14(13)17(12-1-2-12)7-10-3-4-19-9-10/h3-6,9,12,18H,1-2,7-8H2. The van der Waals surface area contributed by atoms with Gasteiger partial charge in [0.2, 0.25) is 0 Å². The average molecular weight is 295 g/mol. The summed E-state index contributed by atoms with van der Waals surface area (Å²) in [5.74, 6) is 0.826. The van der Waals surface area contributed by atoms with Gasteiger partial charge in [0.25, 0.3) is 0 Å². The molecule has 1 aliphatic carbocycles. The Labute approximate surface area is 121 Å². The maximum absolute atomic E-state index is 9.11. The number of aliphatic hydroxyl groups is 1. The summed E-state index contributed by atoms with van der Waals surface area (Å²) in [5, 5.41) is 14.0. The van der Waals surface area contributed by atoms with Gasteiger partial charge in [-0.15, -0.1) is 0 Å². The molecule has 0 atom stereocenters. The van der Waals surface area contributed by atoms with Crippen molar-refractivity contribution in [2.75, 3.05) is 4.90 Å². The largest absolute Gasteiger partial charge is 0.392 e. The second-order valence-electron chi connectivity index (χ2n) is 4.80. The third-order valence-electron chi connectivity index (χ3n) is 3.25. The molecule has 1 aliphatic rings. The summed E-state index contributed by atoms with van der Waals surface area (Å²) in [7, 11) is 0. The molecule has 1 fully saturated rings. The summed E-state index contributed by atoms with van der Waals surface area (Å²) >= 11 is 8.01. The number of aromatic nitrogens is 1. The highest BCUT2D eigenvalue weighted by atomic mass is 35.5. The first kappa shape index (κ1) is 12.9. The number of thiophene rings is 1. The number of hydrogen-bond acceptors (Lipinski definition) is 4. The summed E-state index contributed by atoms with van der Waals surface area (Å²) in [6, 6.07) is 4.48. The van der Waals surface area contributed by atoms with E-state index in [2.05, 4.69) is 26.7 Å². The van der Waals surface area contributed by atoms with Crippen LogP contribution in [0.4, 0.5) is 5.82 Å². The highest BCUT2D eigenvalue weighted by molar-refractivity contribution is 7.07. The van der Waals surface area contributed by atoms with Crippen molar-refractivity contribution in [3.05, 3.63) is 45.2 Å². The smallest absolute Gasteiger partial charge is 0.147 e. The third kappa shape index (κ3) is 2.91. The van der Waals surface area contributed by atoms with Crippen LogP contribution in [0.15, 0.2) is 29.1 Å². The van der Waals surface area contributed by atoms with Crippen molar-refractivity contribution in [2.24, 2.45) is 0 Å². The van der Waals surface area contributed by atoms with Crippen LogP contribution in [0.25, 0.3) is 0 Å². The van der Waals surface area contributed by atoms with Gasteiger partial charge in [0.1, 0.15) is 5.82 Å². The van der Waals surface area contributed by atoms with E-state index in [-0.39, 0.29) is 6.61 Å². The van der Waals surface area contributed by atoms with Gasteiger partial charge < -0.3 is 10.0 Å². The predicted molar refractivity (Wildman–Crippen MR) is 78.7 cm³/mol. The van der Waals surface area contributed by atoms with Crippen molar-refractivity contribution in [3.8, 4) is 0 Å². The minimum Gasteiger partial charge on any atom is -0.392 e. The van der Waals surface area contributed by atoms with E-state index >= 15 is 0 Å². The predicted octanol–water partition coefficient (Wildman–Crippen LogP) is 3.46. The highest BCUT2D eigenvalue weighted by Gasteiger charge is 2.31. The van der Waals surface area contributed by atoms with Gasteiger partial charge in [0.15, 0.2) is 0 Å². The molecule has 3 rings (SSSR count). The van der Waals surface area contributed by atoms with E-state index in [0.29, 0.717) is 11.1 Å². The minimum atomic E-state index is -0.0268. The van der Waals surface area contributed by atoms with Gasteiger partial charge in [0.05, 0.1) is 11.6 Å². The van der Waals surface area contributed by atoms with Gasteiger partial charge in [-0.25, -0.2) is 4.98 Å². The number of rotatable bonds is 5.